The Bertz CT molecular complexity index is 844. The molecule has 0 bridgehead atoms. The van der Waals surface area contributed by atoms with Crippen molar-refractivity contribution in [2.75, 3.05) is 0 Å². The van der Waals surface area contributed by atoms with E-state index in [4.69, 9.17) is 0 Å². The lowest BCUT2D eigenvalue weighted by atomic mass is 10.1. The molecule has 1 aromatic heterocycles. The molecular formula is C17H16F5N3O2S. The Hall–Kier alpha value is -2.27. The number of alkyl halides is 4. The molecule has 0 aliphatic carbocycles. The zero-order valence-electron chi connectivity index (χ0n) is 15.0. The molecule has 0 unspecified atom stereocenters. The van der Waals surface area contributed by atoms with Gasteiger partial charge in [0.2, 0.25) is 0 Å². The summed E-state index contributed by atoms with van der Waals surface area (Å²) in [6.45, 7) is 4.91. The van der Waals surface area contributed by atoms with Crippen LogP contribution in [0.5, 0.6) is 5.75 Å². The molecule has 1 heterocycles. The van der Waals surface area contributed by atoms with Gasteiger partial charge in [-0.15, -0.1) is 0 Å². The van der Waals surface area contributed by atoms with Crippen molar-refractivity contribution in [3.8, 4) is 5.75 Å². The van der Waals surface area contributed by atoms with Crippen LogP contribution in [0.3, 0.4) is 0 Å². The van der Waals surface area contributed by atoms with Crippen LogP contribution in [-0.4, -0.2) is 37.5 Å². The third kappa shape index (κ3) is 5.61. The average Bonchev–Trinajstić information content (AvgIpc) is 2.58. The highest BCUT2D eigenvalue weighted by Crippen LogP contribution is 2.29. The van der Waals surface area contributed by atoms with E-state index in [-0.39, 0.29) is 17.1 Å². The number of nitrogens with zero attached hydrogens (tertiary/aromatic N) is 3. The van der Waals surface area contributed by atoms with Crippen LogP contribution in [0.15, 0.2) is 41.1 Å². The van der Waals surface area contributed by atoms with Gasteiger partial charge in [-0.1, -0.05) is 4.40 Å². The summed E-state index contributed by atoms with van der Waals surface area (Å²) in [6.07, 6.45) is -6.24. The Morgan fingerprint density at radius 3 is 2.29 bits per heavy atom. The van der Waals surface area contributed by atoms with Gasteiger partial charge in [0.25, 0.3) is 0 Å². The number of ether oxygens (including phenoxy) is 1. The van der Waals surface area contributed by atoms with Gasteiger partial charge in [0.05, 0.1) is 0 Å². The van der Waals surface area contributed by atoms with E-state index in [1.54, 1.807) is 20.8 Å². The van der Waals surface area contributed by atoms with Crippen molar-refractivity contribution in [3.05, 3.63) is 53.9 Å². The first-order valence-corrected chi connectivity index (χ1v) is 8.95. The molecule has 0 aliphatic rings. The van der Waals surface area contributed by atoms with Gasteiger partial charge in [0.15, 0.2) is 11.5 Å². The summed E-state index contributed by atoms with van der Waals surface area (Å²) in [6, 6.07) is 3.77. The number of hydrogen-bond acceptors (Lipinski definition) is 5. The molecule has 1 aromatic carbocycles. The molecule has 1 atom stereocenters. The lowest BCUT2D eigenvalue weighted by Gasteiger charge is -2.20. The summed E-state index contributed by atoms with van der Waals surface area (Å²) in [5.41, 5.74) is -0.331. The first-order chi connectivity index (χ1) is 12.9. The summed E-state index contributed by atoms with van der Waals surface area (Å²) in [5.74, 6) is -1.97. The Morgan fingerprint density at radius 1 is 1.14 bits per heavy atom. The predicted molar refractivity (Wildman–Crippen MR) is 93.5 cm³/mol. The second-order valence-electron chi connectivity index (χ2n) is 6.51. The lowest BCUT2D eigenvalue weighted by molar-refractivity contribution is -0.253. The summed E-state index contributed by atoms with van der Waals surface area (Å²) in [4.78, 5) is 7.89. The summed E-state index contributed by atoms with van der Waals surface area (Å²) >= 11 is -1.83. The molecule has 0 spiro atoms. The van der Waals surface area contributed by atoms with Crippen LogP contribution in [0.25, 0.3) is 0 Å². The van der Waals surface area contributed by atoms with Gasteiger partial charge >= 0.3 is 12.5 Å². The molecule has 0 aliphatic heterocycles. The topological polar surface area (TPSA) is 70.4 Å². The minimum Gasteiger partial charge on any atom is -0.591 e. The van der Waals surface area contributed by atoms with E-state index in [1.807, 2.05) is 0 Å². The molecule has 2 aromatic rings. The standard InChI is InChI=1S/C17H16F5N3O2S/c1-16(2,3)28(26)25-13(14-23-5-4-6-24-14)10-7-11(18)9-12(8-10)27-17(21,22)15(19)20/h4-9,15H,1-3H3/b25-13+/t28-/m1/s1. The minimum atomic E-state index is -4.82. The first kappa shape index (κ1) is 22.0. The van der Waals surface area contributed by atoms with E-state index < -0.39 is 40.2 Å². The van der Waals surface area contributed by atoms with Gasteiger partial charge in [-0.3, -0.25) is 0 Å². The van der Waals surface area contributed by atoms with Crippen molar-refractivity contribution >= 4 is 17.1 Å². The number of halogens is 5. The van der Waals surface area contributed by atoms with Gasteiger partial charge in [0.1, 0.15) is 27.7 Å². The normalized spacial score (nSPS) is 14.3. The Kier molecular flexibility index (Phi) is 6.60. The van der Waals surface area contributed by atoms with E-state index in [9.17, 15) is 26.5 Å². The lowest BCUT2D eigenvalue weighted by Crippen LogP contribution is -2.33. The molecule has 0 saturated carbocycles. The predicted octanol–water partition coefficient (Wildman–Crippen LogP) is 4.15. The highest BCUT2D eigenvalue weighted by molar-refractivity contribution is 7.91. The van der Waals surface area contributed by atoms with Crippen molar-refractivity contribution in [1.29, 1.82) is 0 Å². The van der Waals surface area contributed by atoms with Crippen LogP contribution in [0, 0.1) is 5.82 Å². The molecular weight excluding hydrogens is 405 g/mol. The number of rotatable bonds is 6. The SMILES string of the molecule is CC(C)(C)[S@@+]([O-])/N=C(\c1cc(F)cc(OC(F)(F)C(F)F)c1)c1ncccn1. The summed E-state index contributed by atoms with van der Waals surface area (Å²) in [5, 5.41) is 0. The highest BCUT2D eigenvalue weighted by Gasteiger charge is 2.44. The van der Waals surface area contributed by atoms with E-state index in [0.717, 1.165) is 12.1 Å². The number of hydrogen-bond donors (Lipinski definition) is 0. The molecule has 152 valence electrons. The Balaban J connectivity index is 2.56. The molecule has 0 amide bonds. The largest absolute Gasteiger partial charge is 0.591 e. The van der Waals surface area contributed by atoms with Crippen LogP contribution in [0.4, 0.5) is 22.0 Å². The third-order valence-electron chi connectivity index (χ3n) is 3.13. The second kappa shape index (κ2) is 8.39. The number of aromatic nitrogens is 2. The molecule has 0 saturated heterocycles. The van der Waals surface area contributed by atoms with E-state index in [1.165, 1.54) is 18.5 Å². The molecule has 28 heavy (non-hydrogen) atoms. The van der Waals surface area contributed by atoms with Crippen molar-refractivity contribution in [2.24, 2.45) is 4.40 Å². The van der Waals surface area contributed by atoms with Gasteiger partial charge in [-0.25, -0.2) is 14.4 Å². The fourth-order valence-electron chi connectivity index (χ4n) is 1.82. The molecule has 0 fully saturated rings. The van der Waals surface area contributed by atoms with Crippen LogP contribution in [0.2, 0.25) is 0 Å². The smallest absolute Gasteiger partial charge is 0.461 e. The van der Waals surface area contributed by atoms with Gasteiger partial charge in [-0.05, 0) is 39.0 Å². The zero-order valence-corrected chi connectivity index (χ0v) is 15.8. The van der Waals surface area contributed by atoms with Crippen molar-refractivity contribution in [3.63, 3.8) is 0 Å². The van der Waals surface area contributed by atoms with Crippen molar-refractivity contribution < 1.29 is 31.2 Å². The van der Waals surface area contributed by atoms with Gasteiger partial charge < -0.3 is 9.29 Å². The quantitative estimate of drug-likeness (QED) is 0.399. The fourth-order valence-corrected chi connectivity index (χ4v) is 2.45. The molecule has 0 N–H and O–H groups in total. The average molecular weight is 421 g/mol. The van der Waals surface area contributed by atoms with Crippen LogP contribution >= 0.6 is 0 Å². The maximum Gasteiger partial charge on any atom is 0.461 e. The molecule has 11 heteroatoms. The molecule has 0 radical (unpaired) electrons. The molecule has 2 rings (SSSR count). The summed E-state index contributed by atoms with van der Waals surface area (Å²) in [7, 11) is 0. The van der Waals surface area contributed by atoms with Gasteiger partial charge in [0, 0.05) is 24.0 Å². The maximum atomic E-state index is 14.0. The maximum absolute atomic E-state index is 14.0. The zero-order chi connectivity index (χ0) is 21.1. The van der Waals surface area contributed by atoms with Crippen LogP contribution in [0.1, 0.15) is 32.2 Å². The van der Waals surface area contributed by atoms with Crippen molar-refractivity contribution in [2.45, 2.75) is 38.1 Å². The second-order valence-corrected chi connectivity index (χ2v) is 8.42. The third-order valence-corrected chi connectivity index (χ3v) is 4.52. The Morgan fingerprint density at radius 2 is 1.75 bits per heavy atom. The highest BCUT2D eigenvalue weighted by atomic mass is 32.2. The van der Waals surface area contributed by atoms with Crippen LogP contribution < -0.4 is 4.74 Å². The monoisotopic (exact) mass is 421 g/mol. The van der Waals surface area contributed by atoms with Crippen molar-refractivity contribution in [1.82, 2.24) is 9.97 Å². The van der Waals surface area contributed by atoms with E-state index in [2.05, 4.69) is 19.1 Å². The van der Waals surface area contributed by atoms with E-state index in [0.29, 0.717) is 6.07 Å². The molecule has 5 nitrogen and oxygen atoms in total. The number of benzene rings is 1. The van der Waals surface area contributed by atoms with E-state index >= 15 is 0 Å². The van der Waals surface area contributed by atoms with Crippen LogP contribution in [-0.2, 0) is 11.4 Å². The van der Waals surface area contributed by atoms with Gasteiger partial charge in [-0.2, -0.15) is 17.6 Å². The first-order valence-electron chi connectivity index (χ1n) is 7.84. The fraction of sp³-hybridized carbons (Fsp3) is 0.353. The summed E-state index contributed by atoms with van der Waals surface area (Å²) < 4.78 is 84.7. The minimum absolute atomic E-state index is 0.0581. The Labute approximate surface area is 161 Å².